The van der Waals surface area contributed by atoms with E-state index in [-0.39, 0.29) is 31.4 Å². The van der Waals surface area contributed by atoms with Crippen molar-refractivity contribution in [3.8, 4) is 0 Å². The van der Waals surface area contributed by atoms with Crippen LogP contribution < -0.4 is 0 Å². The summed E-state index contributed by atoms with van der Waals surface area (Å²) in [6, 6.07) is -0.330. The SMILES string of the molecule is CC[C@H]1OC(=O)[C@H](C)[C@@H](OC2C[C@@](C)(OC)[C@@H](O)[C@H](C)O2)[C@H](C)[C@@H](OC2O[C@H](C)C[C@H](N(C)C)[C@H]2O)[C@](C)(O)C[C@@H](C)C(=O)CC(=O)[C@]1(C)O. The molecule has 3 aliphatic rings. The van der Waals surface area contributed by atoms with E-state index in [9.17, 15) is 34.8 Å². The fourth-order valence-corrected chi connectivity index (χ4v) is 7.79. The van der Waals surface area contributed by atoms with Crippen LogP contribution in [0.4, 0.5) is 0 Å². The van der Waals surface area contributed by atoms with Gasteiger partial charge >= 0.3 is 5.97 Å². The third-order valence-corrected chi connectivity index (χ3v) is 11.2. The quantitative estimate of drug-likeness (QED) is 0.220. The molecule has 290 valence electrons. The number of carbonyl (C=O) groups is 3. The molecule has 0 aromatic rings. The summed E-state index contributed by atoms with van der Waals surface area (Å²) in [7, 11) is 5.15. The van der Waals surface area contributed by atoms with Gasteiger partial charge in [0, 0.05) is 31.4 Å². The number of aliphatic hydroxyl groups excluding tert-OH is 2. The van der Waals surface area contributed by atoms with E-state index in [4.69, 9.17) is 28.4 Å². The van der Waals surface area contributed by atoms with Gasteiger partial charge in [0.15, 0.2) is 24.0 Å². The zero-order chi connectivity index (χ0) is 38.1. The fraction of sp³-hybridized carbons (Fsp3) is 0.917. The average Bonchev–Trinajstić information content (AvgIpc) is 3.03. The van der Waals surface area contributed by atoms with E-state index < -0.39 is 108 Å². The molecule has 0 spiro atoms. The van der Waals surface area contributed by atoms with Crippen LogP contribution in [0.25, 0.3) is 0 Å². The Hall–Kier alpha value is -1.59. The molecule has 0 radical (unpaired) electrons. The third-order valence-electron chi connectivity index (χ3n) is 11.2. The molecular weight excluding hydrogens is 654 g/mol. The maximum atomic E-state index is 14.0. The van der Waals surface area contributed by atoms with Gasteiger partial charge in [-0.1, -0.05) is 20.8 Å². The summed E-state index contributed by atoms with van der Waals surface area (Å²) in [5.74, 6) is -4.92. The molecule has 14 heteroatoms. The summed E-state index contributed by atoms with van der Waals surface area (Å²) in [5.41, 5.74) is -5.03. The Morgan fingerprint density at radius 3 is 2.12 bits per heavy atom. The average molecular weight is 718 g/mol. The molecule has 14 nitrogen and oxygen atoms in total. The van der Waals surface area contributed by atoms with E-state index in [1.54, 1.807) is 41.5 Å². The van der Waals surface area contributed by atoms with Crippen LogP contribution in [0.3, 0.4) is 0 Å². The zero-order valence-electron chi connectivity index (χ0n) is 32.0. The molecule has 3 saturated heterocycles. The van der Waals surface area contributed by atoms with Crippen LogP contribution in [0, 0.1) is 17.8 Å². The third kappa shape index (κ3) is 9.31. The second-order valence-corrected chi connectivity index (χ2v) is 15.8. The smallest absolute Gasteiger partial charge is 0.311 e. The number of likely N-dealkylation sites (N-methyl/N-ethyl adjacent to an activating group) is 1. The van der Waals surface area contributed by atoms with Gasteiger partial charge in [0.05, 0.1) is 48.0 Å². The Kier molecular flexibility index (Phi) is 14.2. The molecule has 16 atom stereocenters. The standard InChI is InChI=1S/C36H63NO13/c1-13-26-36(9,44)25(39)15-24(38)18(2)16-34(7,43)31(50-33-28(40)23(37(10)11)14-19(3)46-33)20(4)29(21(5)32(42)48-26)49-27-17-35(8,45-12)30(41)22(6)47-27/h18-23,26-31,33,40-41,43-44H,13-17H2,1-12H3/t18-,19-,20+,21-,22+,23+,26-,27?,28-,29+,30+,31-,33?,34-,35-,36+/m1/s1. The number of methoxy groups -OCH3 is 1. The number of ketones is 2. The number of hydrogen-bond acceptors (Lipinski definition) is 14. The molecule has 3 heterocycles. The highest BCUT2D eigenvalue weighted by Crippen LogP contribution is 2.40. The van der Waals surface area contributed by atoms with Crippen molar-refractivity contribution >= 4 is 17.5 Å². The molecule has 3 fully saturated rings. The largest absolute Gasteiger partial charge is 0.459 e. The van der Waals surface area contributed by atoms with Gasteiger partial charge in [-0.25, -0.2) is 0 Å². The molecule has 3 rings (SSSR count). The number of nitrogens with zero attached hydrogens (tertiary/aromatic N) is 1. The Labute approximate surface area is 297 Å². The topological polar surface area (TPSA) is 191 Å². The molecule has 0 saturated carbocycles. The minimum atomic E-state index is -2.16. The highest BCUT2D eigenvalue weighted by atomic mass is 16.7. The lowest BCUT2D eigenvalue weighted by Crippen LogP contribution is -2.60. The predicted octanol–water partition coefficient (Wildman–Crippen LogP) is 1.75. The van der Waals surface area contributed by atoms with Gasteiger partial charge < -0.3 is 53.7 Å². The highest BCUT2D eigenvalue weighted by Gasteiger charge is 2.52. The molecule has 0 aromatic heterocycles. The van der Waals surface area contributed by atoms with Crippen LogP contribution in [0.5, 0.6) is 0 Å². The normalized spacial score (nSPS) is 47.5. The summed E-state index contributed by atoms with van der Waals surface area (Å²) >= 11 is 0. The molecule has 0 aliphatic carbocycles. The van der Waals surface area contributed by atoms with Crippen molar-refractivity contribution in [2.24, 2.45) is 17.8 Å². The lowest BCUT2D eigenvalue weighted by Gasteiger charge is -2.48. The molecular formula is C36H63NO13. The van der Waals surface area contributed by atoms with E-state index in [1.165, 1.54) is 21.0 Å². The number of carbonyl (C=O) groups excluding carboxylic acids is 3. The first kappa shape index (κ1) is 42.8. The highest BCUT2D eigenvalue weighted by molar-refractivity contribution is 6.04. The zero-order valence-corrected chi connectivity index (χ0v) is 32.0. The monoisotopic (exact) mass is 717 g/mol. The van der Waals surface area contributed by atoms with Crippen molar-refractivity contribution < 1.29 is 63.2 Å². The molecule has 0 aromatic carbocycles. The van der Waals surface area contributed by atoms with Crippen LogP contribution in [-0.4, -0.2) is 142 Å². The number of cyclic esters (lactones) is 1. The Bertz CT molecular complexity index is 1180. The van der Waals surface area contributed by atoms with Gasteiger partial charge in [0.1, 0.15) is 24.1 Å². The predicted molar refractivity (Wildman–Crippen MR) is 181 cm³/mol. The number of rotatable bonds is 7. The molecule has 50 heavy (non-hydrogen) atoms. The lowest BCUT2D eigenvalue weighted by atomic mass is 9.76. The Morgan fingerprint density at radius 2 is 1.56 bits per heavy atom. The van der Waals surface area contributed by atoms with Crippen LogP contribution in [0.15, 0.2) is 0 Å². The van der Waals surface area contributed by atoms with Gasteiger partial charge in [-0.2, -0.15) is 0 Å². The summed E-state index contributed by atoms with van der Waals surface area (Å²) < 4.78 is 36.8. The van der Waals surface area contributed by atoms with Crippen molar-refractivity contribution in [1.82, 2.24) is 4.90 Å². The van der Waals surface area contributed by atoms with Gasteiger partial charge in [-0.3, -0.25) is 14.4 Å². The lowest BCUT2D eigenvalue weighted by molar-refractivity contribution is -0.317. The van der Waals surface area contributed by atoms with E-state index in [2.05, 4.69) is 0 Å². The first-order valence-electron chi connectivity index (χ1n) is 17.9. The van der Waals surface area contributed by atoms with E-state index in [1.807, 2.05) is 25.9 Å². The van der Waals surface area contributed by atoms with Gasteiger partial charge in [0.25, 0.3) is 0 Å². The second-order valence-electron chi connectivity index (χ2n) is 15.8. The van der Waals surface area contributed by atoms with Crippen molar-refractivity contribution in [3.05, 3.63) is 0 Å². The van der Waals surface area contributed by atoms with Crippen LogP contribution in [-0.2, 0) is 42.8 Å². The summed E-state index contributed by atoms with van der Waals surface area (Å²) in [6.07, 6.45) is -9.00. The van der Waals surface area contributed by atoms with Crippen molar-refractivity contribution in [3.63, 3.8) is 0 Å². The van der Waals surface area contributed by atoms with Crippen LogP contribution in [0.2, 0.25) is 0 Å². The minimum absolute atomic E-state index is 0.0813. The van der Waals surface area contributed by atoms with Crippen LogP contribution >= 0.6 is 0 Å². The number of hydrogen-bond donors (Lipinski definition) is 4. The molecule has 0 bridgehead atoms. The van der Waals surface area contributed by atoms with Crippen LogP contribution in [0.1, 0.15) is 94.4 Å². The molecule has 3 aliphatic heterocycles. The minimum Gasteiger partial charge on any atom is -0.459 e. The first-order chi connectivity index (χ1) is 23.0. The van der Waals surface area contributed by atoms with Gasteiger partial charge in [-0.05, 0) is 74.9 Å². The summed E-state index contributed by atoms with van der Waals surface area (Å²) in [5, 5.41) is 45.8. The summed E-state index contributed by atoms with van der Waals surface area (Å²) in [6.45, 7) is 14.5. The van der Waals surface area contributed by atoms with Gasteiger partial charge in [-0.15, -0.1) is 0 Å². The fourth-order valence-electron chi connectivity index (χ4n) is 7.79. The number of ether oxygens (including phenoxy) is 6. The Morgan fingerprint density at radius 1 is 0.940 bits per heavy atom. The first-order valence-corrected chi connectivity index (χ1v) is 17.9. The maximum Gasteiger partial charge on any atom is 0.311 e. The molecule has 2 unspecified atom stereocenters. The number of Topliss-reactive ketones (excluding diaryl/α,β-unsaturated/α-hetero) is 2. The van der Waals surface area contributed by atoms with E-state index in [0.717, 1.165) is 0 Å². The maximum absolute atomic E-state index is 14.0. The van der Waals surface area contributed by atoms with Gasteiger partial charge in [0.2, 0.25) is 0 Å². The molecule has 4 N–H and O–H groups in total. The second kappa shape index (κ2) is 16.6. The van der Waals surface area contributed by atoms with Crippen molar-refractivity contribution in [2.45, 2.75) is 173 Å². The summed E-state index contributed by atoms with van der Waals surface area (Å²) in [4.78, 5) is 42.6. The van der Waals surface area contributed by atoms with Crippen molar-refractivity contribution in [1.29, 1.82) is 0 Å². The Balaban J connectivity index is 2.16. The van der Waals surface area contributed by atoms with E-state index in [0.29, 0.717) is 6.42 Å². The molecule has 0 amide bonds. The van der Waals surface area contributed by atoms with Crippen molar-refractivity contribution in [2.75, 3.05) is 21.2 Å². The number of aliphatic hydroxyl groups is 4. The van der Waals surface area contributed by atoms with E-state index >= 15 is 0 Å². The number of esters is 1.